The number of aliphatic imine (C=N–C) groups is 1. The predicted molar refractivity (Wildman–Crippen MR) is 116 cm³/mol. The van der Waals surface area contributed by atoms with Crippen molar-refractivity contribution in [2.24, 2.45) is 4.99 Å². The van der Waals surface area contributed by atoms with Crippen LogP contribution < -0.4 is 0 Å². The summed E-state index contributed by atoms with van der Waals surface area (Å²) in [5.74, 6) is -0.00683. The Hall–Kier alpha value is -2.33. The quantitative estimate of drug-likeness (QED) is 0.634. The Morgan fingerprint density at radius 1 is 1.07 bits per heavy atom. The van der Waals surface area contributed by atoms with E-state index in [2.05, 4.69) is 58.0 Å². The number of likely N-dealkylation sites (N-methyl/N-ethyl adjacent to an activating group) is 1. The van der Waals surface area contributed by atoms with E-state index in [1.165, 1.54) is 22.9 Å². The van der Waals surface area contributed by atoms with E-state index in [4.69, 9.17) is 4.99 Å². The lowest BCUT2D eigenvalue weighted by Gasteiger charge is -2.18. The van der Waals surface area contributed by atoms with Gasteiger partial charge in [-0.05, 0) is 52.4 Å². The summed E-state index contributed by atoms with van der Waals surface area (Å²) in [6, 6.07) is 16.5. The van der Waals surface area contributed by atoms with E-state index in [-0.39, 0.29) is 11.3 Å². The van der Waals surface area contributed by atoms with Crippen LogP contribution in [0.5, 0.6) is 0 Å². The van der Waals surface area contributed by atoms with Crippen LogP contribution in [0.1, 0.15) is 44.4 Å². The molecule has 4 heteroatoms. The molecule has 2 aromatic rings. The number of aryl methyl sites for hydroxylation is 1. The third kappa shape index (κ3) is 4.33. The van der Waals surface area contributed by atoms with E-state index in [1.54, 1.807) is 11.9 Å². The molecule has 140 valence electrons. The van der Waals surface area contributed by atoms with Crippen LogP contribution in [0.15, 0.2) is 58.4 Å². The SMILES string of the molecule is CCc1ccccc1N=C1S/C(=C\c2ccc(C(C)(C)C)cc2)C(=O)N1C. The summed E-state index contributed by atoms with van der Waals surface area (Å²) in [6.07, 6.45) is 2.86. The number of carbonyl (C=O) groups excluding carboxylic acids is 1. The van der Waals surface area contributed by atoms with Crippen molar-refractivity contribution in [2.45, 2.75) is 39.5 Å². The van der Waals surface area contributed by atoms with Crippen molar-refractivity contribution >= 4 is 34.6 Å². The number of amidine groups is 1. The zero-order valence-corrected chi connectivity index (χ0v) is 17.4. The minimum absolute atomic E-state index is 0.00683. The van der Waals surface area contributed by atoms with Crippen LogP contribution in [0, 0.1) is 0 Å². The summed E-state index contributed by atoms with van der Waals surface area (Å²) in [4.78, 5) is 19.7. The molecule has 0 aliphatic carbocycles. The van der Waals surface area contributed by atoms with Gasteiger partial charge in [-0.15, -0.1) is 0 Å². The molecule has 3 nitrogen and oxygen atoms in total. The number of hydrogen-bond donors (Lipinski definition) is 0. The maximum Gasteiger partial charge on any atom is 0.266 e. The van der Waals surface area contributed by atoms with Crippen LogP contribution >= 0.6 is 11.8 Å². The number of thioether (sulfide) groups is 1. The molecule has 1 heterocycles. The van der Waals surface area contributed by atoms with Gasteiger partial charge in [0.2, 0.25) is 0 Å². The number of rotatable bonds is 3. The topological polar surface area (TPSA) is 32.7 Å². The second-order valence-electron chi connectivity index (χ2n) is 7.72. The number of benzene rings is 2. The van der Waals surface area contributed by atoms with Gasteiger partial charge in [0, 0.05) is 7.05 Å². The molecule has 1 aliphatic heterocycles. The molecule has 0 radical (unpaired) electrons. The molecule has 0 bridgehead atoms. The van der Waals surface area contributed by atoms with Crippen LogP contribution in [0.2, 0.25) is 0 Å². The van der Waals surface area contributed by atoms with Crippen LogP contribution in [0.3, 0.4) is 0 Å². The highest BCUT2D eigenvalue weighted by Crippen LogP contribution is 2.34. The summed E-state index contributed by atoms with van der Waals surface area (Å²) < 4.78 is 0. The van der Waals surface area contributed by atoms with Gasteiger partial charge in [-0.3, -0.25) is 9.69 Å². The molecular weight excluding hydrogens is 352 g/mol. The summed E-state index contributed by atoms with van der Waals surface area (Å²) in [6.45, 7) is 8.70. The largest absolute Gasteiger partial charge is 0.290 e. The van der Waals surface area contributed by atoms with E-state index in [1.807, 2.05) is 24.3 Å². The van der Waals surface area contributed by atoms with Crippen LogP contribution in [-0.4, -0.2) is 23.0 Å². The Kier molecular flexibility index (Phi) is 5.56. The van der Waals surface area contributed by atoms with Crippen molar-refractivity contribution in [3.05, 3.63) is 70.1 Å². The number of hydrogen-bond acceptors (Lipinski definition) is 3. The first-order valence-electron chi connectivity index (χ1n) is 9.24. The van der Waals surface area contributed by atoms with Gasteiger partial charge in [0.25, 0.3) is 5.91 Å². The molecule has 2 aromatic carbocycles. The summed E-state index contributed by atoms with van der Waals surface area (Å²) >= 11 is 1.43. The second kappa shape index (κ2) is 7.73. The molecule has 1 aliphatic rings. The first-order valence-corrected chi connectivity index (χ1v) is 10.1. The minimum atomic E-state index is -0.00683. The minimum Gasteiger partial charge on any atom is -0.290 e. The molecule has 0 aromatic heterocycles. The lowest BCUT2D eigenvalue weighted by molar-refractivity contribution is -0.121. The third-order valence-corrected chi connectivity index (χ3v) is 5.73. The molecule has 3 rings (SSSR count). The average molecular weight is 379 g/mol. The smallest absolute Gasteiger partial charge is 0.266 e. The molecule has 0 saturated carbocycles. The highest BCUT2D eigenvalue weighted by Gasteiger charge is 2.30. The first-order chi connectivity index (χ1) is 12.8. The Bertz CT molecular complexity index is 905. The molecule has 0 N–H and O–H groups in total. The highest BCUT2D eigenvalue weighted by atomic mass is 32.2. The number of nitrogens with zero attached hydrogens (tertiary/aromatic N) is 2. The maximum atomic E-state index is 12.6. The van der Waals surface area contributed by atoms with E-state index >= 15 is 0 Å². The van der Waals surface area contributed by atoms with Crippen molar-refractivity contribution in [2.75, 3.05) is 7.05 Å². The summed E-state index contributed by atoms with van der Waals surface area (Å²) in [7, 11) is 1.78. The summed E-state index contributed by atoms with van der Waals surface area (Å²) in [5, 5.41) is 0.721. The van der Waals surface area contributed by atoms with Crippen molar-refractivity contribution in [1.29, 1.82) is 0 Å². The number of para-hydroxylation sites is 1. The second-order valence-corrected chi connectivity index (χ2v) is 8.73. The summed E-state index contributed by atoms with van der Waals surface area (Å²) in [5.41, 5.74) is 4.55. The lowest BCUT2D eigenvalue weighted by atomic mass is 9.87. The number of amides is 1. The first kappa shape index (κ1) is 19.4. The zero-order valence-electron chi connectivity index (χ0n) is 16.6. The molecule has 0 spiro atoms. The molecule has 0 unspecified atom stereocenters. The van der Waals surface area contributed by atoms with Gasteiger partial charge in [-0.1, -0.05) is 70.2 Å². The van der Waals surface area contributed by atoms with Crippen molar-refractivity contribution in [3.8, 4) is 0 Å². The zero-order chi connectivity index (χ0) is 19.6. The number of carbonyl (C=O) groups is 1. The normalized spacial score (nSPS) is 18.0. The van der Waals surface area contributed by atoms with Crippen molar-refractivity contribution in [1.82, 2.24) is 4.90 Å². The molecular formula is C23H26N2OS. The fraction of sp³-hybridized carbons (Fsp3) is 0.304. The van der Waals surface area contributed by atoms with Gasteiger partial charge in [0.05, 0.1) is 10.6 Å². The fourth-order valence-electron chi connectivity index (χ4n) is 2.90. The van der Waals surface area contributed by atoms with Gasteiger partial charge in [0.15, 0.2) is 5.17 Å². The van der Waals surface area contributed by atoms with Gasteiger partial charge in [0.1, 0.15) is 0 Å². The molecule has 1 fully saturated rings. The van der Waals surface area contributed by atoms with Crippen LogP contribution in [0.4, 0.5) is 5.69 Å². The predicted octanol–water partition coefficient (Wildman–Crippen LogP) is 5.78. The van der Waals surface area contributed by atoms with Crippen molar-refractivity contribution in [3.63, 3.8) is 0 Å². The standard InChI is InChI=1S/C23H26N2OS/c1-6-17-9-7-8-10-19(17)24-22-25(5)21(26)20(27-22)15-16-11-13-18(14-12-16)23(2,3)4/h7-15H,6H2,1-5H3/b20-15-,24-22?. The molecule has 27 heavy (non-hydrogen) atoms. The van der Waals surface area contributed by atoms with Crippen molar-refractivity contribution < 1.29 is 4.79 Å². The van der Waals surface area contributed by atoms with Crippen LogP contribution in [-0.2, 0) is 16.6 Å². The van der Waals surface area contributed by atoms with Gasteiger partial charge in [-0.2, -0.15) is 0 Å². The molecule has 0 atom stereocenters. The molecule has 1 amide bonds. The Morgan fingerprint density at radius 2 is 1.74 bits per heavy atom. The van der Waals surface area contributed by atoms with Gasteiger partial charge in [-0.25, -0.2) is 4.99 Å². The van der Waals surface area contributed by atoms with E-state index in [9.17, 15) is 4.79 Å². The van der Waals surface area contributed by atoms with E-state index in [0.29, 0.717) is 4.91 Å². The van der Waals surface area contributed by atoms with Gasteiger partial charge >= 0.3 is 0 Å². The van der Waals surface area contributed by atoms with E-state index in [0.717, 1.165) is 22.8 Å². The Morgan fingerprint density at radius 3 is 2.37 bits per heavy atom. The lowest BCUT2D eigenvalue weighted by Crippen LogP contribution is -2.23. The van der Waals surface area contributed by atoms with Gasteiger partial charge < -0.3 is 0 Å². The highest BCUT2D eigenvalue weighted by molar-refractivity contribution is 8.18. The van der Waals surface area contributed by atoms with E-state index < -0.39 is 0 Å². The maximum absolute atomic E-state index is 12.6. The molecule has 1 saturated heterocycles. The monoisotopic (exact) mass is 378 g/mol. The van der Waals surface area contributed by atoms with Crippen LogP contribution in [0.25, 0.3) is 6.08 Å². The average Bonchev–Trinajstić information content (AvgIpc) is 2.90. The Balaban J connectivity index is 1.87. The third-order valence-electron chi connectivity index (χ3n) is 4.67. The fourth-order valence-corrected chi connectivity index (χ4v) is 3.88. The Labute approximate surface area is 166 Å².